The summed E-state index contributed by atoms with van der Waals surface area (Å²) in [6.45, 7) is 2.05. The van der Waals surface area contributed by atoms with E-state index in [1.54, 1.807) is 35.0 Å². The van der Waals surface area contributed by atoms with Crippen molar-refractivity contribution in [2.75, 3.05) is 26.0 Å². The number of halogens is 1. The van der Waals surface area contributed by atoms with Crippen LogP contribution in [-0.4, -0.2) is 61.5 Å². The van der Waals surface area contributed by atoms with Crippen LogP contribution in [0.25, 0.3) is 21.5 Å². The Bertz CT molecular complexity index is 1860. The number of hydrogen-bond acceptors (Lipinski definition) is 11. The standard InChI is InChI=1S/C29H27FN8O4S/c1-28(38-14-33-36-37-38)13-42-25-19(28)11-22(34-23(25)15-3-7-18(30)8-4-15)29(40,17-5-6-17)12-32-26(39)16-9-20(41-2)24-21(10-16)43-27(31)35-24/h3-4,7-11,14,17,40H,5-6,12-13H2,1-2H3,(H2,31,35)(H,32,39)/t28-,29+/m0/s1. The zero-order valence-corrected chi connectivity index (χ0v) is 24.1. The Morgan fingerprint density at radius 1 is 1.28 bits per heavy atom. The monoisotopic (exact) mass is 602 g/mol. The summed E-state index contributed by atoms with van der Waals surface area (Å²) in [4.78, 5) is 22.6. The molecular formula is C29H27FN8O4S. The molecular weight excluding hydrogens is 575 g/mol. The fourth-order valence-corrected chi connectivity index (χ4v) is 6.39. The number of ether oxygens (including phenoxy) is 2. The van der Waals surface area contributed by atoms with Gasteiger partial charge in [-0.25, -0.2) is 19.0 Å². The predicted octanol–water partition coefficient (Wildman–Crippen LogP) is 3.26. The number of hydrogen-bond donors (Lipinski definition) is 3. The molecule has 0 spiro atoms. The van der Waals surface area contributed by atoms with Crippen molar-refractivity contribution in [2.24, 2.45) is 5.92 Å². The minimum Gasteiger partial charge on any atom is -0.494 e. The summed E-state index contributed by atoms with van der Waals surface area (Å²) in [6, 6.07) is 11.0. The summed E-state index contributed by atoms with van der Waals surface area (Å²) in [6.07, 6.45) is 3.03. The van der Waals surface area contributed by atoms with E-state index < -0.39 is 17.0 Å². The first-order valence-corrected chi connectivity index (χ1v) is 14.4. The Kier molecular flexibility index (Phi) is 6.29. The molecule has 220 valence electrons. The number of pyridine rings is 1. The molecule has 4 heterocycles. The second-order valence-corrected chi connectivity index (χ2v) is 12.1. The third kappa shape index (κ3) is 4.53. The lowest BCUT2D eigenvalue weighted by Crippen LogP contribution is -2.43. The molecule has 1 saturated carbocycles. The van der Waals surface area contributed by atoms with Crippen molar-refractivity contribution >= 4 is 32.6 Å². The van der Waals surface area contributed by atoms with Crippen LogP contribution in [0.1, 0.15) is 41.4 Å². The highest BCUT2D eigenvalue weighted by atomic mass is 32.1. The molecule has 14 heteroatoms. The molecule has 7 rings (SSSR count). The molecule has 0 radical (unpaired) electrons. The van der Waals surface area contributed by atoms with Crippen LogP contribution < -0.4 is 20.5 Å². The largest absolute Gasteiger partial charge is 0.494 e. The van der Waals surface area contributed by atoms with Crippen LogP contribution in [0, 0.1) is 11.7 Å². The van der Waals surface area contributed by atoms with Crippen LogP contribution in [-0.2, 0) is 11.1 Å². The molecule has 0 saturated heterocycles. The van der Waals surface area contributed by atoms with Crippen LogP contribution in [0.4, 0.5) is 9.52 Å². The number of nitrogens with two attached hydrogens (primary N) is 1. The number of anilines is 1. The summed E-state index contributed by atoms with van der Waals surface area (Å²) in [5, 5.41) is 27.3. The first-order chi connectivity index (χ1) is 20.7. The predicted molar refractivity (Wildman–Crippen MR) is 155 cm³/mol. The van der Waals surface area contributed by atoms with Gasteiger partial charge in [-0.15, -0.1) is 5.10 Å². The summed E-state index contributed by atoms with van der Waals surface area (Å²) in [5.74, 6) is 0.00957. The van der Waals surface area contributed by atoms with Crippen molar-refractivity contribution in [1.29, 1.82) is 0 Å². The van der Waals surface area contributed by atoms with Crippen LogP contribution in [0.3, 0.4) is 0 Å². The van der Waals surface area contributed by atoms with Crippen molar-refractivity contribution in [2.45, 2.75) is 30.9 Å². The molecule has 1 aliphatic carbocycles. The van der Waals surface area contributed by atoms with Crippen molar-refractivity contribution < 1.29 is 23.8 Å². The molecule has 3 aromatic heterocycles. The molecule has 12 nitrogen and oxygen atoms in total. The third-order valence-electron chi connectivity index (χ3n) is 8.20. The molecule has 1 amide bonds. The van der Waals surface area contributed by atoms with Crippen LogP contribution in [0.2, 0.25) is 0 Å². The molecule has 0 bridgehead atoms. The molecule has 1 aliphatic heterocycles. The number of tetrazole rings is 1. The van der Waals surface area contributed by atoms with Gasteiger partial charge in [-0.05, 0) is 78.6 Å². The highest BCUT2D eigenvalue weighted by Crippen LogP contribution is 2.50. The summed E-state index contributed by atoms with van der Waals surface area (Å²) >= 11 is 1.25. The molecule has 2 aliphatic rings. The van der Waals surface area contributed by atoms with Crippen molar-refractivity contribution in [3.8, 4) is 22.8 Å². The summed E-state index contributed by atoms with van der Waals surface area (Å²) in [7, 11) is 1.50. The number of methoxy groups -OCH3 is 1. The normalized spacial score (nSPS) is 19.1. The van der Waals surface area contributed by atoms with Crippen LogP contribution in [0.5, 0.6) is 11.5 Å². The number of rotatable bonds is 8. The summed E-state index contributed by atoms with van der Waals surface area (Å²) < 4.78 is 27.8. The maximum Gasteiger partial charge on any atom is 0.251 e. The average Bonchev–Trinajstić information content (AvgIpc) is 3.41. The number of carbonyl (C=O) groups is 1. The summed E-state index contributed by atoms with van der Waals surface area (Å²) in [5.41, 5.74) is 6.65. The Morgan fingerprint density at radius 3 is 2.77 bits per heavy atom. The van der Waals surface area contributed by atoms with E-state index in [9.17, 15) is 14.3 Å². The van der Waals surface area contributed by atoms with E-state index in [0.29, 0.717) is 54.9 Å². The SMILES string of the molecule is COc1cc(C(=O)NC[C@](O)(c2cc3c(c(-c4ccc(F)cc4)n2)OC[C@]3(C)n2cnnn2)C2CC2)cc2sc(N)nc12. The highest BCUT2D eigenvalue weighted by Gasteiger charge is 2.49. The number of nitrogens with zero attached hydrogens (tertiary/aromatic N) is 6. The average molecular weight is 603 g/mol. The van der Waals surface area contributed by atoms with E-state index in [1.807, 2.05) is 6.92 Å². The number of amides is 1. The first kappa shape index (κ1) is 27.2. The maximum absolute atomic E-state index is 13.8. The van der Waals surface area contributed by atoms with Gasteiger partial charge in [0.1, 0.15) is 46.9 Å². The van der Waals surface area contributed by atoms with Crippen molar-refractivity contribution in [1.82, 2.24) is 35.5 Å². The lowest BCUT2D eigenvalue weighted by Gasteiger charge is -2.30. The lowest BCUT2D eigenvalue weighted by molar-refractivity contribution is 0.00945. The molecule has 0 unspecified atom stereocenters. The Hall–Kier alpha value is -4.69. The minimum atomic E-state index is -1.51. The Morgan fingerprint density at radius 2 is 2.07 bits per heavy atom. The van der Waals surface area contributed by atoms with E-state index in [1.165, 1.54) is 36.9 Å². The number of aliphatic hydroxyl groups is 1. The van der Waals surface area contributed by atoms with Crippen LogP contribution in [0.15, 0.2) is 48.8 Å². The number of thiazole rings is 1. The zero-order valence-electron chi connectivity index (χ0n) is 23.2. The van der Waals surface area contributed by atoms with Crippen LogP contribution >= 0.6 is 11.3 Å². The van der Waals surface area contributed by atoms with Gasteiger partial charge in [0.05, 0.1) is 24.0 Å². The molecule has 1 fully saturated rings. The fraction of sp³-hybridized carbons (Fsp3) is 0.310. The van der Waals surface area contributed by atoms with E-state index in [0.717, 1.165) is 12.8 Å². The minimum absolute atomic E-state index is 0.0984. The lowest BCUT2D eigenvalue weighted by atomic mass is 9.87. The van der Waals surface area contributed by atoms with E-state index in [4.69, 9.17) is 20.2 Å². The third-order valence-corrected chi connectivity index (χ3v) is 9.03. The Labute approximate surface area is 248 Å². The second kappa shape index (κ2) is 9.95. The van der Waals surface area contributed by atoms with E-state index in [2.05, 4.69) is 25.8 Å². The first-order valence-electron chi connectivity index (χ1n) is 13.6. The molecule has 2 atom stereocenters. The second-order valence-electron chi connectivity index (χ2n) is 11.0. The maximum atomic E-state index is 13.8. The van der Waals surface area contributed by atoms with E-state index >= 15 is 0 Å². The van der Waals surface area contributed by atoms with Crippen molar-refractivity contribution in [3.05, 3.63) is 71.4 Å². The van der Waals surface area contributed by atoms with Gasteiger partial charge < -0.3 is 25.6 Å². The van der Waals surface area contributed by atoms with Gasteiger partial charge in [-0.3, -0.25) is 4.79 Å². The molecule has 43 heavy (non-hydrogen) atoms. The number of carbonyl (C=O) groups excluding carboxylic acids is 1. The number of aromatic nitrogens is 6. The topological polar surface area (TPSA) is 163 Å². The van der Waals surface area contributed by atoms with Gasteiger partial charge in [-0.1, -0.05) is 11.3 Å². The highest BCUT2D eigenvalue weighted by molar-refractivity contribution is 7.22. The Balaban J connectivity index is 1.29. The number of nitrogens with one attached hydrogen (secondary N) is 1. The number of fused-ring (bicyclic) bond motifs is 2. The van der Waals surface area contributed by atoms with Gasteiger partial charge >= 0.3 is 0 Å². The molecule has 2 aromatic carbocycles. The number of nitrogen functional groups attached to an aromatic ring is 1. The smallest absolute Gasteiger partial charge is 0.251 e. The quantitative estimate of drug-likeness (QED) is 0.240. The van der Waals surface area contributed by atoms with Gasteiger partial charge in [0.25, 0.3) is 5.91 Å². The van der Waals surface area contributed by atoms with Gasteiger partial charge in [0.15, 0.2) is 10.9 Å². The van der Waals surface area contributed by atoms with Crippen molar-refractivity contribution in [3.63, 3.8) is 0 Å². The van der Waals surface area contributed by atoms with Gasteiger partial charge in [0.2, 0.25) is 0 Å². The molecule has 5 aromatic rings. The van der Waals surface area contributed by atoms with Gasteiger partial charge in [-0.2, -0.15) is 0 Å². The zero-order chi connectivity index (χ0) is 29.9. The van der Waals surface area contributed by atoms with Gasteiger partial charge in [0, 0.05) is 16.7 Å². The molecule has 4 N–H and O–H groups in total. The van der Waals surface area contributed by atoms with E-state index in [-0.39, 0.29) is 24.9 Å². The number of benzene rings is 2. The fourth-order valence-electron chi connectivity index (χ4n) is 5.60.